The summed E-state index contributed by atoms with van der Waals surface area (Å²) in [4.78, 5) is 31.5. The van der Waals surface area contributed by atoms with E-state index in [1.165, 1.54) is 11.1 Å². The summed E-state index contributed by atoms with van der Waals surface area (Å²) in [5.74, 6) is 0.369. The predicted molar refractivity (Wildman–Crippen MR) is 118 cm³/mol. The Morgan fingerprint density at radius 2 is 1.47 bits per heavy atom. The second-order valence-corrected chi connectivity index (χ2v) is 8.46. The molecule has 2 aliphatic heterocycles. The van der Waals surface area contributed by atoms with Gasteiger partial charge in [0.05, 0.1) is 6.42 Å². The average molecular weight is 406 g/mol. The van der Waals surface area contributed by atoms with Crippen molar-refractivity contribution < 1.29 is 9.59 Å². The fourth-order valence-electron chi connectivity index (χ4n) is 4.35. The van der Waals surface area contributed by atoms with Crippen molar-refractivity contribution in [2.45, 2.75) is 32.7 Å². The van der Waals surface area contributed by atoms with E-state index in [4.69, 9.17) is 0 Å². The number of rotatable bonds is 5. The molecule has 2 saturated heterocycles. The van der Waals surface area contributed by atoms with Gasteiger partial charge >= 0.3 is 0 Å². The van der Waals surface area contributed by atoms with Crippen molar-refractivity contribution in [1.82, 2.24) is 14.7 Å². The van der Waals surface area contributed by atoms with Gasteiger partial charge in [-0.05, 0) is 48.6 Å². The van der Waals surface area contributed by atoms with E-state index in [0.29, 0.717) is 6.42 Å². The molecule has 2 aromatic rings. The molecule has 158 valence electrons. The zero-order valence-corrected chi connectivity index (χ0v) is 17.8. The number of hydrogen-bond acceptors (Lipinski definition) is 3. The Balaban J connectivity index is 1.26. The van der Waals surface area contributed by atoms with Gasteiger partial charge in [-0.3, -0.25) is 14.5 Å². The second kappa shape index (κ2) is 9.43. The van der Waals surface area contributed by atoms with Gasteiger partial charge in [-0.25, -0.2) is 0 Å². The van der Waals surface area contributed by atoms with Gasteiger partial charge in [0, 0.05) is 51.4 Å². The van der Waals surface area contributed by atoms with Gasteiger partial charge in [-0.15, -0.1) is 0 Å². The van der Waals surface area contributed by atoms with E-state index in [1.807, 2.05) is 40.1 Å². The summed E-state index contributed by atoms with van der Waals surface area (Å²) in [5, 5.41) is 0. The molecule has 5 nitrogen and oxygen atoms in total. The highest BCUT2D eigenvalue weighted by molar-refractivity contribution is 5.94. The third-order valence-corrected chi connectivity index (χ3v) is 6.33. The predicted octanol–water partition coefficient (Wildman–Crippen LogP) is 3.12. The van der Waals surface area contributed by atoms with Gasteiger partial charge in [-0.2, -0.15) is 0 Å². The van der Waals surface area contributed by atoms with E-state index in [0.717, 1.165) is 69.8 Å². The topological polar surface area (TPSA) is 43.9 Å². The summed E-state index contributed by atoms with van der Waals surface area (Å²) >= 11 is 0. The van der Waals surface area contributed by atoms with Gasteiger partial charge in [0.15, 0.2) is 0 Å². The largest absolute Gasteiger partial charge is 0.340 e. The minimum Gasteiger partial charge on any atom is -0.340 e. The summed E-state index contributed by atoms with van der Waals surface area (Å²) < 4.78 is 0. The summed E-state index contributed by atoms with van der Waals surface area (Å²) in [6.07, 6.45) is 2.71. The second-order valence-electron chi connectivity index (χ2n) is 8.46. The van der Waals surface area contributed by atoms with E-state index in [1.54, 1.807) is 0 Å². The normalized spacial score (nSPS) is 17.4. The fourth-order valence-corrected chi connectivity index (χ4v) is 4.35. The van der Waals surface area contributed by atoms with Crippen LogP contribution in [0.1, 0.15) is 39.9 Å². The first-order valence-corrected chi connectivity index (χ1v) is 11.0. The third-order valence-electron chi connectivity index (χ3n) is 6.33. The molecule has 5 heteroatoms. The number of aryl methyl sites for hydroxylation is 1. The molecule has 0 atom stereocenters. The van der Waals surface area contributed by atoms with Crippen LogP contribution in [0.5, 0.6) is 0 Å². The summed E-state index contributed by atoms with van der Waals surface area (Å²) in [7, 11) is 0. The lowest BCUT2D eigenvalue weighted by atomic mass is 10.1. The molecule has 2 aliphatic rings. The number of benzene rings is 2. The molecule has 0 spiro atoms. The minimum atomic E-state index is 0.153. The van der Waals surface area contributed by atoms with Crippen LogP contribution in [-0.4, -0.2) is 65.8 Å². The van der Waals surface area contributed by atoms with Crippen LogP contribution >= 0.6 is 0 Å². The summed E-state index contributed by atoms with van der Waals surface area (Å²) in [5.41, 5.74) is 4.30. The number of amides is 2. The molecule has 0 aromatic heterocycles. The molecule has 30 heavy (non-hydrogen) atoms. The van der Waals surface area contributed by atoms with Crippen LogP contribution in [0.25, 0.3) is 0 Å². The number of carbonyl (C=O) groups excluding carboxylic acids is 2. The van der Waals surface area contributed by atoms with Crippen molar-refractivity contribution in [2.24, 2.45) is 0 Å². The maximum Gasteiger partial charge on any atom is 0.253 e. The Morgan fingerprint density at radius 3 is 2.13 bits per heavy atom. The zero-order chi connectivity index (χ0) is 20.9. The Labute approximate surface area is 179 Å². The summed E-state index contributed by atoms with van der Waals surface area (Å²) in [6.45, 7) is 8.00. The lowest BCUT2D eigenvalue weighted by Crippen LogP contribution is -2.48. The zero-order valence-electron chi connectivity index (χ0n) is 17.8. The molecule has 0 bridgehead atoms. The number of nitrogens with zero attached hydrogens (tertiary/aromatic N) is 3. The van der Waals surface area contributed by atoms with Crippen molar-refractivity contribution in [2.75, 3.05) is 39.3 Å². The van der Waals surface area contributed by atoms with Crippen molar-refractivity contribution in [3.8, 4) is 0 Å². The van der Waals surface area contributed by atoms with Gasteiger partial charge < -0.3 is 9.80 Å². The van der Waals surface area contributed by atoms with E-state index in [-0.39, 0.29) is 11.8 Å². The van der Waals surface area contributed by atoms with Gasteiger partial charge in [0.2, 0.25) is 5.91 Å². The smallest absolute Gasteiger partial charge is 0.253 e. The van der Waals surface area contributed by atoms with E-state index >= 15 is 0 Å². The number of hydrogen-bond donors (Lipinski definition) is 0. The quantitative estimate of drug-likeness (QED) is 0.768. The molecule has 4 rings (SSSR count). The highest BCUT2D eigenvalue weighted by Gasteiger charge is 2.22. The van der Waals surface area contributed by atoms with Crippen LogP contribution in [0.3, 0.4) is 0 Å². The van der Waals surface area contributed by atoms with Crippen LogP contribution in [0.4, 0.5) is 0 Å². The van der Waals surface area contributed by atoms with Crippen LogP contribution in [-0.2, 0) is 17.8 Å². The van der Waals surface area contributed by atoms with Crippen LogP contribution in [0.15, 0.2) is 48.5 Å². The highest BCUT2D eigenvalue weighted by atomic mass is 16.2. The lowest BCUT2D eigenvalue weighted by molar-refractivity contribution is -0.132. The van der Waals surface area contributed by atoms with E-state index in [2.05, 4.69) is 30.0 Å². The minimum absolute atomic E-state index is 0.153. The molecular weight excluding hydrogens is 374 g/mol. The molecule has 2 heterocycles. The molecule has 2 amide bonds. The Bertz CT molecular complexity index is 880. The first-order valence-electron chi connectivity index (χ1n) is 11.0. The fraction of sp³-hybridized carbons (Fsp3) is 0.440. The van der Waals surface area contributed by atoms with E-state index in [9.17, 15) is 9.59 Å². The van der Waals surface area contributed by atoms with Crippen LogP contribution in [0, 0.1) is 6.92 Å². The van der Waals surface area contributed by atoms with Crippen molar-refractivity contribution in [3.63, 3.8) is 0 Å². The first kappa shape index (κ1) is 20.6. The Morgan fingerprint density at radius 1 is 0.800 bits per heavy atom. The summed E-state index contributed by atoms with van der Waals surface area (Å²) in [6, 6.07) is 16.2. The molecule has 0 radical (unpaired) electrons. The van der Waals surface area contributed by atoms with Crippen molar-refractivity contribution in [1.29, 1.82) is 0 Å². The molecule has 0 unspecified atom stereocenters. The standard InChI is InChI=1S/C25H31N3O2/c1-20-6-2-3-7-23(20)18-24(29)27-16-14-26(15-17-27)19-21-8-10-22(11-9-21)25(30)28-12-4-5-13-28/h2-3,6-11H,4-5,12-19H2,1H3. The monoisotopic (exact) mass is 405 g/mol. The molecule has 0 saturated carbocycles. The maximum absolute atomic E-state index is 12.7. The maximum atomic E-state index is 12.7. The number of carbonyl (C=O) groups is 2. The third kappa shape index (κ3) is 4.90. The van der Waals surface area contributed by atoms with Crippen molar-refractivity contribution >= 4 is 11.8 Å². The molecule has 2 aromatic carbocycles. The van der Waals surface area contributed by atoms with Crippen LogP contribution in [0.2, 0.25) is 0 Å². The van der Waals surface area contributed by atoms with Gasteiger partial charge in [0.25, 0.3) is 5.91 Å². The SMILES string of the molecule is Cc1ccccc1CC(=O)N1CCN(Cc2ccc(C(=O)N3CCCC3)cc2)CC1. The number of piperazine rings is 1. The molecule has 2 fully saturated rings. The lowest BCUT2D eigenvalue weighted by Gasteiger charge is -2.35. The highest BCUT2D eigenvalue weighted by Crippen LogP contribution is 2.16. The molecular formula is C25H31N3O2. The number of likely N-dealkylation sites (tertiary alicyclic amines) is 1. The van der Waals surface area contributed by atoms with Crippen LogP contribution < -0.4 is 0 Å². The van der Waals surface area contributed by atoms with Crippen molar-refractivity contribution in [3.05, 3.63) is 70.8 Å². The average Bonchev–Trinajstić information content (AvgIpc) is 3.31. The van der Waals surface area contributed by atoms with Gasteiger partial charge in [0.1, 0.15) is 0 Å². The van der Waals surface area contributed by atoms with Gasteiger partial charge in [-0.1, -0.05) is 36.4 Å². The Hall–Kier alpha value is -2.66. The Kier molecular flexibility index (Phi) is 6.48. The first-order chi connectivity index (χ1) is 14.6. The molecule has 0 aliphatic carbocycles. The van der Waals surface area contributed by atoms with E-state index < -0.39 is 0 Å². The molecule has 0 N–H and O–H groups in total.